The van der Waals surface area contributed by atoms with Crippen molar-refractivity contribution in [2.45, 2.75) is 59.0 Å². The van der Waals surface area contributed by atoms with E-state index >= 15 is 0 Å². The van der Waals surface area contributed by atoms with Crippen molar-refractivity contribution >= 4 is 0 Å². The molecule has 0 aromatic carbocycles. The SMILES string of the molecule is C=C(C)[C@H]1CCC2(C)C[C@H](O)CC(C)=C2C1. The summed E-state index contributed by atoms with van der Waals surface area (Å²) in [5, 5.41) is 9.91. The number of hydrogen-bond donors (Lipinski definition) is 1. The van der Waals surface area contributed by atoms with Crippen LogP contribution in [0.1, 0.15) is 52.9 Å². The zero-order chi connectivity index (χ0) is 11.9. The molecule has 1 N–H and O–H groups in total. The first-order chi connectivity index (χ1) is 7.42. The lowest BCUT2D eigenvalue weighted by atomic mass is 9.60. The highest BCUT2D eigenvalue weighted by Gasteiger charge is 2.40. The van der Waals surface area contributed by atoms with Crippen LogP contribution in [-0.2, 0) is 0 Å². The third-order valence-electron chi connectivity index (χ3n) is 4.66. The summed E-state index contributed by atoms with van der Waals surface area (Å²) >= 11 is 0. The predicted octanol–water partition coefficient (Wildman–Crippen LogP) is 3.84. The van der Waals surface area contributed by atoms with Gasteiger partial charge in [0.25, 0.3) is 0 Å². The molecule has 3 atom stereocenters. The van der Waals surface area contributed by atoms with E-state index in [2.05, 4.69) is 27.4 Å². The number of rotatable bonds is 1. The fourth-order valence-electron chi connectivity index (χ4n) is 3.64. The summed E-state index contributed by atoms with van der Waals surface area (Å²) in [4.78, 5) is 0. The lowest BCUT2D eigenvalue weighted by molar-refractivity contribution is 0.0881. The minimum Gasteiger partial charge on any atom is -0.393 e. The van der Waals surface area contributed by atoms with Gasteiger partial charge < -0.3 is 5.11 Å². The molecule has 2 rings (SSSR count). The molecule has 0 bridgehead atoms. The Morgan fingerprint density at radius 3 is 2.75 bits per heavy atom. The van der Waals surface area contributed by atoms with Crippen molar-refractivity contribution in [3.63, 3.8) is 0 Å². The zero-order valence-corrected chi connectivity index (χ0v) is 10.8. The summed E-state index contributed by atoms with van der Waals surface area (Å²) in [7, 11) is 0. The smallest absolute Gasteiger partial charge is 0.0585 e. The van der Waals surface area contributed by atoms with Crippen molar-refractivity contribution in [3.05, 3.63) is 23.3 Å². The number of allylic oxidation sites excluding steroid dienone is 2. The van der Waals surface area contributed by atoms with Crippen LogP contribution in [0, 0.1) is 11.3 Å². The maximum atomic E-state index is 9.91. The summed E-state index contributed by atoms with van der Waals surface area (Å²) in [6.07, 6.45) is 5.37. The maximum absolute atomic E-state index is 9.91. The van der Waals surface area contributed by atoms with Crippen LogP contribution < -0.4 is 0 Å². The second-order valence-electron chi connectivity index (χ2n) is 6.17. The summed E-state index contributed by atoms with van der Waals surface area (Å²) in [6, 6.07) is 0. The van der Waals surface area contributed by atoms with Gasteiger partial charge in [0.2, 0.25) is 0 Å². The van der Waals surface area contributed by atoms with Gasteiger partial charge in [0.05, 0.1) is 6.10 Å². The average Bonchev–Trinajstić information content (AvgIpc) is 2.15. The van der Waals surface area contributed by atoms with Gasteiger partial charge in [0, 0.05) is 0 Å². The maximum Gasteiger partial charge on any atom is 0.0585 e. The molecule has 1 saturated carbocycles. The molecule has 1 heteroatoms. The van der Waals surface area contributed by atoms with Crippen molar-refractivity contribution in [2.24, 2.45) is 11.3 Å². The van der Waals surface area contributed by atoms with E-state index in [0.717, 1.165) is 12.8 Å². The van der Waals surface area contributed by atoms with E-state index in [9.17, 15) is 5.11 Å². The molecule has 1 nitrogen and oxygen atoms in total. The molecule has 2 aliphatic carbocycles. The minimum absolute atomic E-state index is 0.116. The minimum atomic E-state index is -0.116. The van der Waals surface area contributed by atoms with Gasteiger partial charge in [-0.05, 0) is 57.3 Å². The highest BCUT2D eigenvalue weighted by molar-refractivity contribution is 5.28. The summed E-state index contributed by atoms with van der Waals surface area (Å²) in [5.74, 6) is 0.674. The first kappa shape index (κ1) is 11.9. The van der Waals surface area contributed by atoms with Gasteiger partial charge >= 0.3 is 0 Å². The topological polar surface area (TPSA) is 20.2 Å². The van der Waals surface area contributed by atoms with Gasteiger partial charge in [0.15, 0.2) is 0 Å². The standard InChI is InChI=1S/C15H24O/c1-10(2)12-5-6-15(4)9-13(16)7-11(3)14(15)8-12/h12-13,16H,1,5-9H2,2-4H3/t12-,13+,15?/m0/s1. The normalized spacial score (nSPS) is 39.5. The van der Waals surface area contributed by atoms with E-state index in [1.165, 1.54) is 30.4 Å². The fourth-order valence-corrected chi connectivity index (χ4v) is 3.64. The molecule has 2 aliphatic rings. The molecular weight excluding hydrogens is 196 g/mol. The lowest BCUT2D eigenvalue weighted by Crippen LogP contribution is -2.36. The molecule has 0 aromatic rings. The second kappa shape index (κ2) is 4.03. The Labute approximate surface area is 99.3 Å². The highest BCUT2D eigenvalue weighted by Crippen LogP contribution is 2.51. The summed E-state index contributed by atoms with van der Waals surface area (Å²) < 4.78 is 0. The van der Waals surface area contributed by atoms with Crippen LogP contribution in [0.4, 0.5) is 0 Å². The van der Waals surface area contributed by atoms with Gasteiger partial charge in [0.1, 0.15) is 0 Å². The number of hydrogen-bond acceptors (Lipinski definition) is 1. The van der Waals surface area contributed by atoms with Crippen molar-refractivity contribution in [2.75, 3.05) is 0 Å². The van der Waals surface area contributed by atoms with Crippen LogP contribution in [0.3, 0.4) is 0 Å². The van der Waals surface area contributed by atoms with Gasteiger partial charge in [-0.15, -0.1) is 0 Å². The van der Waals surface area contributed by atoms with Crippen molar-refractivity contribution in [3.8, 4) is 0 Å². The molecule has 0 aliphatic heterocycles. The van der Waals surface area contributed by atoms with E-state index in [1.54, 1.807) is 5.57 Å². The average molecular weight is 220 g/mol. The molecule has 1 fully saturated rings. The Balaban J connectivity index is 2.28. The Hall–Kier alpha value is -0.560. The zero-order valence-electron chi connectivity index (χ0n) is 10.8. The van der Waals surface area contributed by atoms with Gasteiger partial charge in [-0.2, -0.15) is 0 Å². The van der Waals surface area contributed by atoms with Crippen LogP contribution in [0.5, 0.6) is 0 Å². The molecule has 0 saturated heterocycles. The first-order valence-corrected chi connectivity index (χ1v) is 6.45. The van der Waals surface area contributed by atoms with E-state index in [4.69, 9.17) is 0 Å². The molecule has 0 radical (unpaired) electrons. The second-order valence-corrected chi connectivity index (χ2v) is 6.17. The van der Waals surface area contributed by atoms with Crippen LogP contribution in [0.25, 0.3) is 0 Å². The van der Waals surface area contributed by atoms with Gasteiger partial charge in [-0.25, -0.2) is 0 Å². The number of aliphatic hydroxyl groups excluding tert-OH is 1. The van der Waals surface area contributed by atoms with Crippen LogP contribution >= 0.6 is 0 Å². The fraction of sp³-hybridized carbons (Fsp3) is 0.733. The van der Waals surface area contributed by atoms with Crippen LogP contribution in [-0.4, -0.2) is 11.2 Å². The van der Waals surface area contributed by atoms with Crippen LogP contribution in [0.2, 0.25) is 0 Å². The Kier molecular flexibility index (Phi) is 3.00. The number of aliphatic hydroxyl groups is 1. The summed E-state index contributed by atoms with van der Waals surface area (Å²) in [6.45, 7) is 10.8. The van der Waals surface area contributed by atoms with Crippen LogP contribution in [0.15, 0.2) is 23.3 Å². The highest BCUT2D eigenvalue weighted by atomic mass is 16.3. The predicted molar refractivity (Wildman–Crippen MR) is 68.2 cm³/mol. The molecule has 0 aromatic heterocycles. The molecule has 0 heterocycles. The van der Waals surface area contributed by atoms with Gasteiger partial charge in [-0.3, -0.25) is 0 Å². The first-order valence-electron chi connectivity index (χ1n) is 6.45. The van der Waals surface area contributed by atoms with Crippen molar-refractivity contribution in [1.82, 2.24) is 0 Å². The largest absolute Gasteiger partial charge is 0.393 e. The number of fused-ring (bicyclic) bond motifs is 1. The van der Waals surface area contributed by atoms with E-state index in [-0.39, 0.29) is 11.5 Å². The molecule has 90 valence electrons. The molecule has 0 spiro atoms. The van der Waals surface area contributed by atoms with E-state index in [1.807, 2.05) is 0 Å². The molecule has 1 unspecified atom stereocenters. The quantitative estimate of drug-likeness (QED) is 0.666. The Morgan fingerprint density at radius 2 is 2.12 bits per heavy atom. The molecular formula is C15H24O. The van der Waals surface area contributed by atoms with Crippen molar-refractivity contribution < 1.29 is 5.11 Å². The molecule has 0 amide bonds. The third-order valence-corrected chi connectivity index (χ3v) is 4.66. The van der Waals surface area contributed by atoms with Gasteiger partial charge in [-0.1, -0.05) is 30.2 Å². The monoisotopic (exact) mass is 220 g/mol. The molecule has 16 heavy (non-hydrogen) atoms. The third kappa shape index (κ3) is 1.98. The van der Waals surface area contributed by atoms with E-state index < -0.39 is 0 Å². The Morgan fingerprint density at radius 1 is 1.44 bits per heavy atom. The lowest BCUT2D eigenvalue weighted by Gasteiger charge is -2.45. The Bertz CT molecular complexity index is 339. The van der Waals surface area contributed by atoms with E-state index in [0.29, 0.717) is 5.92 Å². The van der Waals surface area contributed by atoms with Crippen molar-refractivity contribution in [1.29, 1.82) is 0 Å². The summed E-state index contributed by atoms with van der Waals surface area (Å²) in [5.41, 5.74) is 4.66.